The minimum Gasteiger partial charge on any atom is -0.394 e. The van der Waals surface area contributed by atoms with Crippen LogP contribution < -0.4 is 5.32 Å². The van der Waals surface area contributed by atoms with Gasteiger partial charge in [-0.25, -0.2) is 0 Å². The van der Waals surface area contributed by atoms with Gasteiger partial charge < -0.3 is 15.2 Å². The van der Waals surface area contributed by atoms with Gasteiger partial charge in [-0.05, 0) is 26.2 Å². The summed E-state index contributed by atoms with van der Waals surface area (Å²) in [5.41, 5.74) is -0.240. The summed E-state index contributed by atoms with van der Waals surface area (Å²) in [6, 6.07) is 0.613. The van der Waals surface area contributed by atoms with Gasteiger partial charge in [-0.3, -0.25) is 0 Å². The average Bonchev–Trinajstić information content (AvgIpc) is 2.89. The van der Waals surface area contributed by atoms with Crippen molar-refractivity contribution in [1.29, 1.82) is 0 Å². The summed E-state index contributed by atoms with van der Waals surface area (Å²) in [5.74, 6) is 0. The lowest BCUT2D eigenvalue weighted by molar-refractivity contribution is 0.0437. The molecule has 3 heteroatoms. The van der Waals surface area contributed by atoms with Crippen LogP contribution in [0.25, 0.3) is 0 Å². The Hall–Kier alpha value is -0.120. The molecule has 0 aliphatic heterocycles. The van der Waals surface area contributed by atoms with E-state index in [0.29, 0.717) is 12.6 Å². The molecular formula is C10H21NO2. The van der Waals surface area contributed by atoms with Gasteiger partial charge in [-0.2, -0.15) is 0 Å². The molecule has 0 aromatic carbocycles. The van der Waals surface area contributed by atoms with Gasteiger partial charge in [-0.1, -0.05) is 6.92 Å². The van der Waals surface area contributed by atoms with E-state index < -0.39 is 0 Å². The zero-order chi connectivity index (χ0) is 9.73. The third-order valence-electron chi connectivity index (χ3n) is 2.25. The average molecular weight is 187 g/mol. The number of hydrogen-bond donors (Lipinski definition) is 2. The van der Waals surface area contributed by atoms with Crippen LogP contribution in [0.1, 0.15) is 33.1 Å². The summed E-state index contributed by atoms with van der Waals surface area (Å²) >= 11 is 0. The van der Waals surface area contributed by atoms with Crippen LogP contribution in [0.2, 0.25) is 0 Å². The second kappa shape index (κ2) is 4.94. The summed E-state index contributed by atoms with van der Waals surface area (Å²) in [6.07, 6.45) is 3.51. The SMILES string of the molecule is CCCOCC(C)(CO)NC1CC1. The van der Waals surface area contributed by atoms with E-state index in [-0.39, 0.29) is 12.1 Å². The molecule has 0 aromatic heterocycles. The first-order valence-corrected chi connectivity index (χ1v) is 5.16. The fraction of sp³-hybridized carbons (Fsp3) is 1.00. The molecule has 0 radical (unpaired) electrons. The van der Waals surface area contributed by atoms with Crippen LogP contribution in [0.4, 0.5) is 0 Å². The predicted molar refractivity (Wildman–Crippen MR) is 52.8 cm³/mol. The van der Waals surface area contributed by atoms with E-state index in [1.165, 1.54) is 12.8 Å². The topological polar surface area (TPSA) is 41.5 Å². The van der Waals surface area contributed by atoms with E-state index in [9.17, 15) is 5.11 Å². The Labute approximate surface area is 80.5 Å². The summed E-state index contributed by atoms with van der Waals surface area (Å²) < 4.78 is 5.44. The zero-order valence-electron chi connectivity index (χ0n) is 8.68. The minimum atomic E-state index is -0.240. The minimum absolute atomic E-state index is 0.146. The maximum Gasteiger partial charge on any atom is 0.0668 e. The maximum absolute atomic E-state index is 9.22. The molecule has 0 bridgehead atoms. The smallest absolute Gasteiger partial charge is 0.0668 e. The van der Waals surface area contributed by atoms with Crippen LogP contribution in [0.5, 0.6) is 0 Å². The monoisotopic (exact) mass is 187 g/mol. The van der Waals surface area contributed by atoms with Gasteiger partial charge in [0.15, 0.2) is 0 Å². The molecule has 13 heavy (non-hydrogen) atoms. The van der Waals surface area contributed by atoms with Gasteiger partial charge >= 0.3 is 0 Å². The molecule has 78 valence electrons. The standard InChI is InChI=1S/C10H21NO2/c1-3-6-13-8-10(2,7-12)11-9-4-5-9/h9,11-12H,3-8H2,1-2H3. The summed E-state index contributed by atoms with van der Waals surface area (Å²) in [4.78, 5) is 0. The molecule has 0 heterocycles. The highest BCUT2D eigenvalue weighted by molar-refractivity contribution is 4.92. The van der Waals surface area contributed by atoms with Crippen LogP contribution in [0.3, 0.4) is 0 Å². The van der Waals surface area contributed by atoms with E-state index in [4.69, 9.17) is 4.74 Å². The third kappa shape index (κ3) is 4.07. The Balaban J connectivity index is 2.20. The zero-order valence-corrected chi connectivity index (χ0v) is 8.68. The van der Waals surface area contributed by atoms with Crippen molar-refractivity contribution < 1.29 is 9.84 Å². The van der Waals surface area contributed by atoms with Crippen molar-refractivity contribution in [1.82, 2.24) is 5.32 Å². The van der Waals surface area contributed by atoms with Gasteiger partial charge in [0, 0.05) is 12.6 Å². The normalized spacial score (nSPS) is 21.5. The summed E-state index contributed by atoms with van der Waals surface area (Å²) in [5, 5.41) is 12.6. The van der Waals surface area contributed by atoms with Crippen molar-refractivity contribution in [3.05, 3.63) is 0 Å². The fourth-order valence-electron chi connectivity index (χ4n) is 1.30. The van der Waals surface area contributed by atoms with Crippen molar-refractivity contribution in [2.24, 2.45) is 0 Å². The van der Waals surface area contributed by atoms with E-state index in [2.05, 4.69) is 12.2 Å². The highest BCUT2D eigenvalue weighted by Gasteiger charge is 2.31. The molecule has 0 amide bonds. The number of aliphatic hydroxyl groups excluding tert-OH is 1. The number of hydrogen-bond acceptors (Lipinski definition) is 3. The maximum atomic E-state index is 9.22. The van der Waals surface area contributed by atoms with E-state index in [0.717, 1.165) is 13.0 Å². The van der Waals surface area contributed by atoms with Crippen molar-refractivity contribution in [2.75, 3.05) is 19.8 Å². The van der Waals surface area contributed by atoms with Crippen molar-refractivity contribution in [3.63, 3.8) is 0 Å². The molecule has 0 aromatic rings. The second-order valence-electron chi connectivity index (χ2n) is 4.19. The third-order valence-corrected chi connectivity index (χ3v) is 2.25. The van der Waals surface area contributed by atoms with Gasteiger partial charge in [0.05, 0.1) is 18.8 Å². The molecule has 1 unspecified atom stereocenters. The number of rotatable bonds is 7. The van der Waals surface area contributed by atoms with Gasteiger partial charge in [0.2, 0.25) is 0 Å². The molecule has 3 nitrogen and oxygen atoms in total. The number of ether oxygens (including phenoxy) is 1. The Morgan fingerprint density at radius 1 is 1.54 bits per heavy atom. The number of aliphatic hydroxyl groups is 1. The van der Waals surface area contributed by atoms with E-state index in [1.54, 1.807) is 0 Å². The molecule has 1 fully saturated rings. The number of nitrogens with one attached hydrogen (secondary N) is 1. The molecule has 0 spiro atoms. The molecule has 1 aliphatic carbocycles. The highest BCUT2D eigenvalue weighted by atomic mass is 16.5. The van der Waals surface area contributed by atoms with Gasteiger partial charge in [0.1, 0.15) is 0 Å². The largest absolute Gasteiger partial charge is 0.394 e. The summed E-state index contributed by atoms with van der Waals surface area (Å²) in [7, 11) is 0. The molecular weight excluding hydrogens is 166 g/mol. The first kappa shape index (κ1) is 11.0. The molecule has 1 saturated carbocycles. The van der Waals surface area contributed by atoms with Crippen molar-refractivity contribution in [3.8, 4) is 0 Å². The molecule has 0 saturated heterocycles. The quantitative estimate of drug-likeness (QED) is 0.582. The predicted octanol–water partition coefficient (Wildman–Crippen LogP) is 0.916. The van der Waals surface area contributed by atoms with Gasteiger partial charge in [0.25, 0.3) is 0 Å². The lowest BCUT2D eigenvalue weighted by atomic mass is 10.1. The molecule has 1 rings (SSSR count). The Morgan fingerprint density at radius 3 is 2.69 bits per heavy atom. The summed E-state index contributed by atoms with van der Waals surface area (Å²) in [6.45, 7) is 5.63. The van der Waals surface area contributed by atoms with Crippen LogP contribution in [-0.2, 0) is 4.74 Å². The first-order valence-electron chi connectivity index (χ1n) is 5.16. The Morgan fingerprint density at radius 2 is 2.23 bits per heavy atom. The molecule has 1 atom stereocenters. The lowest BCUT2D eigenvalue weighted by Gasteiger charge is -2.28. The van der Waals surface area contributed by atoms with Crippen molar-refractivity contribution in [2.45, 2.75) is 44.7 Å². The van der Waals surface area contributed by atoms with Crippen LogP contribution in [0, 0.1) is 0 Å². The van der Waals surface area contributed by atoms with E-state index >= 15 is 0 Å². The Kier molecular flexibility index (Phi) is 4.16. The lowest BCUT2D eigenvalue weighted by Crippen LogP contribution is -2.50. The first-order chi connectivity index (χ1) is 6.20. The van der Waals surface area contributed by atoms with Crippen molar-refractivity contribution >= 4 is 0 Å². The molecule has 2 N–H and O–H groups in total. The fourth-order valence-corrected chi connectivity index (χ4v) is 1.30. The Bertz CT molecular complexity index is 148. The van der Waals surface area contributed by atoms with Crippen LogP contribution in [0.15, 0.2) is 0 Å². The second-order valence-corrected chi connectivity index (χ2v) is 4.19. The molecule has 1 aliphatic rings. The highest BCUT2D eigenvalue weighted by Crippen LogP contribution is 2.22. The van der Waals surface area contributed by atoms with Gasteiger partial charge in [-0.15, -0.1) is 0 Å². The van der Waals surface area contributed by atoms with E-state index in [1.807, 2.05) is 6.92 Å². The van der Waals surface area contributed by atoms with Crippen LogP contribution >= 0.6 is 0 Å². The van der Waals surface area contributed by atoms with Crippen LogP contribution in [-0.4, -0.2) is 36.5 Å².